The van der Waals surface area contributed by atoms with Gasteiger partial charge in [-0.05, 0) is 50.3 Å². The van der Waals surface area contributed by atoms with Crippen molar-refractivity contribution in [3.8, 4) is 0 Å². The van der Waals surface area contributed by atoms with E-state index in [4.69, 9.17) is 4.98 Å². The highest BCUT2D eigenvalue weighted by Gasteiger charge is 2.41. The quantitative estimate of drug-likeness (QED) is 0.728. The van der Waals surface area contributed by atoms with E-state index in [1.807, 2.05) is 42.2 Å². The van der Waals surface area contributed by atoms with E-state index < -0.39 is 6.04 Å². The zero-order valence-electron chi connectivity index (χ0n) is 17.0. The Labute approximate surface area is 175 Å². The third kappa shape index (κ3) is 3.14. The predicted molar refractivity (Wildman–Crippen MR) is 113 cm³/mol. The van der Waals surface area contributed by atoms with Crippen LogP contribution in [0, 0.1) is 6.92 Å². The molecular formula is C23H25N5O2. The number of pyridine rings is 1. The summed E-state index contributed by atoms with van der Waals surface area (Å²) in [6.07, 6.45) is 6.85. The number of aryl methyl sites for hydroxylation is 1. The summed E-state index contributed by atoms with van der Waals surface area (Å²) in [5.74, 6) is 0.795. The minimum atomic E-state index is -0.399. The largest absolute Gasteiger partial charge is 0.339 e. The number of H-pyrrole nitrogens is 1. The number of likely N-dealkylation sites (tertiary alicyclic amines) is 2. The first-order valence-electron chi connectivity index (χ1n) is 10.6. The van der Waals surface area contributed by atoms with Gasteiger partial charge in [0.15, 0.2) is 0 Å². The fraction of sp³-hybridized carbons (Fsp3) is 0.391. The standard InChI is InChI=1S/C23H25N5O2/c1-15-6-2-3-7-16(15)22(29)28-13-5-9-20(28)23(30)27-12-4-8-19(27)21-25-17-10-11-24-14-18(17)26-21/h2-3,6-7,10-11,14,19-20H,4-5,8-9,12-13H2,1H3,(H,25,26). The lowest BCUT2D eigenvalue weighted by atomic mass is 10.1. The van der Waals surface area contributed by atoms with Crippen LogP contribution in [0.2, 0.25) is 0 Å². The number of carbonyl (C=O) groups excluding carboxylic acids is 2. The van der Waals surface area contributed by atoms with Crippen molar-refractivity contribution >= 4 is 22.8 Å². The number of carbonyl (C=O) groups is 2. The van der Waals surface area contributed by atoms with Crippen LogP contribution in [0.25, 0.3) is 11.0 Å². The van der Waals surface area contributed by atoms with Crippen LogP contribution < -0.4 is 0 Å². The lowest BCUT2D eigenvalue weighted by Crippen LogP contribution is -2.47. The number of nitrogens with zero attached hydrogens (tertiary/aromatic N) is 4. The van der Waals surface area contributed by atoms with Crippen LogP contribution in [0.3, 0.4) is 0 Å². The van der Waals surface area contributed by atoms with E-state index in [2.05, 4.69) is 9.97 Å². The Bertz CT molecular complexity index is 1070. The molecule has 2 fully saturated rings. The van der Waals surface area contributed by atoms with Gasteiger partial charge in [0.05, 0.1) is 23.3 Å². The molecule has 0 saturated carbocycles. The molecule has 0 aliphatic carbocycles. The minimum Gasteiger partial charge on any atom is -0.339 e. The van der Waals surface area contributed by atoms with Gasteiger partial charge in [-0.3, -0.25) is 14.6 Å². The topological polar surface area (TPSA) is 82.2 Å². The molecule has 1 aromatic carbocycles. The van der Waals surface area contributed by atoms with Crippen LogP contribution in [0.4, 0.5) is 0 Å². The van der Waals surface area contributed by atoms with Crippen molar-refractivity contribution in [2.75, 3.05) is 13.1 Å². The maximum absolute atomic E-state index is 13.6. The van der Waals surface area contributed by atoms with E-state index in [1.165, 1.54) is 0 Å². The van der Waals surface area contributed by atoms with Gasteiger partial charge < -0.3 is 14.8 Å². The summed E-state index contributed by atoms with van der Waals surface area (Å²) >= 11 is 0. The normalized spacial score (nSPS) is 21.5. The van der Waals surface area contributed by atoms with Gasteiger partial charge in [0.2, 0.25) is 5.91 Å². The molecule has 2 atom stereocenters. The first-order valence-corrected chi connectivity index (χ1v) is 10.6. The van der Waals surface area contributed by atoms with Crippen molar-refractivity contribution in [1.82, 2.24) is 24.8 Å². The minimum absolute atomic E-state index is 0.0375. The molecule has 30 heavy (non-hydrogen) atoms. The second-order valence-corrected chi connectivity index (χ2v) is 8.18. The van der Waals surface area contributed by atoms with Crippen molar-refractivity contribution < 1.29 is 9.59 Å². The molecular weight excluding hydrogens is 378 g/mol. The molecule has 0 bridgehead atoms. The number of fused-ring (bicyclic) bond motifs is 1. The zero-order valence-corrected chi connectivity index (χ0v) is 17.0. The number of amides is 2. The number of benzene rings is 1. The number of hydrogen-bond acceptors (Lipinski definition) is 4. The Morgan fingerprint density at radius 3 is 2.70 bits per heavy atom. The van der Waals surface area contributed by atoms with Crippen LogP contribution >= 0.6 is 0 Å². The van der Waals surface area contributed by atoms with E-state index in [0.717, 1.165) is 41.7 Å². The molecule has 0 spiro atoms. The van der Waals surface area contributed by atoms with Crippen LogP contribution in [0.1, 0.15) is 53.5 Å². The Hall–Kier alpha value is -3.22. The number of rotatable bonds is 3. The first kappa shape index (κ1) is 18.8. The zero-order chi connectivity index (χ0) is 20.7. The molecule has 5 rings (SSSR count). The summed E-state index contributed by atoms with van der Waals surface area (Å²) in [6.45, 7) is 3.26. The van der Waals surface area contributed by atoms with E-state index in [9.17, 15) is 9.59 Å². The lowest BCUT2D eigenvalue weighted by molar-refractivity contribution is -0.136. The highest BCUT2D eigenvalue weighted by atomic mass is 16.2. The maximum atomic E-state index is 13.6. The summed E-state index contributed by atoms with van der Waals surface area (Å²) in [6, 6.07) is 8.97. The van der Waals surface area contributed by atoms with Gasteiger partial charge in [-0.15, -0.1) is 0 Å². The van der Waals surface area contributed by atoms with Crippen molar-refractivity contribution in [1.29, 1.82) is 0 Å². The molecule has 7 heteroatoms. The molecule has 2 amide bonds. The molecule has 7 nitrogen and oxygen atoms in total. The van der Waals surface area contributed by atoms with Gasteiger partial charge >= 0.3 is 0 Å². The van der Waals surface area contributed by atoms with Crippen LogP contribution in [-0.4, -0.2) is 55.7 Å². The summed E-state index contributed by atoms with van der Waals surface area (Å²) in [5.41, 5.74) is 3.36. The molecule has 3 aromatic rings. The number of aromatic amines is 1. The van der Waals surface area contributed by atoms with Gasteiger partial charge in [0.25, 0.3) is 5.91 Å². The molecule has 1 N–H and O–H groups in total. The number of aromatic nitrogens is 3. The summed E-state index contributed by atoms with van der Waals surface area (Å²) in [5, 5.41) is 0. The third-order valence-corrected chi connectivity index (χ3v) is 6.33. The van der Waals surface area contributed by atoms with Crippen molar-refractivity contribution in [2.45, 2.75) is 44.7 Å². The average molecular weight is 403 g/mol. The molecule has 154 valence electrons. The molecule has 2 saturated heterocycles. The van der Waals surface area contributed by atoms with Gasteiger partial charge in [-0.1, -0.05) is 18.2 Å². The Balaban J connectivity index is 1.40. The van der Waals surface area contributed by atoms with Crippen molar-refractivity contribution in [3.63, 3.8) is 0 Å². The second kappa shape index (κ2) is 7.55. The van der Waals surface area contributed by atoms with Crippen LogP contribution in [0.15, 0.2) is 42.7 Å². The smallest absolute Gasteiger partial charge is 0.254 e. The number of nitrogens with one attached hydrogen (secondary N) is 1. The number of hydrogen-bond donors (Lipinski definition) is 1. The fourth-order valence-corrected chi connectivity index (χ4v) is 4.77. The van der Waals surface area contributed by atoms with E-state index in [0.29, 0.717) is 25.1 Å². The summed E-state index contributed by atoms with van der Waals surface area (Å²) in [4.78, 5) is 42.6. The van der Waals surface area contributed by atoms with Gasteiger partial charge in [-0.2, -0.15) is 0 Å². The molecule has 2 unspecified atom stereocenters. The SMILES string of the molecule is Cc1ccccc1C(=O)N1CCCC1C(=O)N1CCCC1c1nc2ccncc2[nH]1. The summed E-state index contributed by atoms with van der Waals surface area (Å²) < 4.78 is 0. The molecule has 2 aromatic heterocycles. The molecule has 4 heterocycles. The Morgan fingerprint density at radius 2 is 1.87 bits per heavy atom. The lowest BCUT2D eigenvalue weighted by Gasteiger charge is -2.31. The predicted octanol–water partition coefficient (Wildman–Crippen LogP) is 3.23. The fourth-order valence-electron chi connectivity index (χ4n) is 4.77. The highest BCUT2D eigenvalue weighted by molar-refractivity contribution is 5.99. The van der Waals surface area contributed by atoms with Gasteiger partial charge in [-0.25, -0.2) is 4.98 Å². The molecule has 0 radical (unpaired) electrons. The van der Waals surface area contributed by atoms with Gasteiger partial charge in [0, 0.05) is 24.8 Å². The Morgan fingerprint density at radius 1 is 1.07 bits per heavy atom. The molecule has 2 aliphatic heterocycles. The van der Waals surface area contributed by atoms with Crippen molar-refractivity contribution in [2.24, 2.45) is 0 Å². The van der Waals surface area contributed by atoms with Crippen molar-refractivity contribution in [3.05, 3.63) is 59.7 Å². The number of imidazole rings is 1. The summed E-state index contributed by atoms with van der Waals surface area (Å²) in [7, 11) is 0. The molecule has 2 aliphatic rings. The highest BCUT2D eigenvalue weighted by Crippen LogP contribution is 2.34. The maximum Gasteiger partial charge on any atom is 0.254 e. The van der Waals surface area contributed by atoms with E-state index >= 15 is 0 Å². The monoisotopic (exact) mass is 403 g/mol. The van der Waals surface area contributed by atoms with Crippen LogP contribution in [0.5, 0.6) is 0 Å². The van der Waals surface area contributed by atoms with Gasteiger partial charge in [0.1, 0.15) is 11.9 Å². The van der Waals surface area contributed by atoms with Crippen LogP contribution in [-0.2, 0) is 4.79 Å². The van der Waals surface area contributed by atoms with E-state index in [-0.39, 0.29) is 17.9 Å². The van der Waals surface area contributed by atoms with E-state index in [1.54, 1.807) is 17.3 Å². The second-order valence-electron chi connectivity index (χ2n) is 8.18. The Kier molecular flexibility index (Phi) is 4.73. The third-order valence-electron chi connectivity index (χ3n) is 6.33. The average Bonchev–Trinajstić information content (AvgIpc) is 3.51. The first-order chi connectivity index (χ1) is 14.6.